The second kappa shape index (κ2) is 3.76. The van der Waals surface area contributed by atoms with Gasteiger partial charge in [0.05, 0.1) is 13.2 Å². The monoisotopic (exact) mass is 184 g/mol. The first kappa shape index (κ1) is 9.16. The van der Waals surface area contributed by atoms with E-state index in [4.69, 9.17) is 9.47 Å². The van der Waals surface area contributed by atoms with E-state index in [-0.39, 0.29) is 5.79 Å². The summed E-state index contributed by atoms with van der Waals surface area (Å²) in [7, 11) is 0. The van der Waals surface area contributed by atoms with Gasteiger partial charge < -0.3 is 14.3 Å². The van der Waals surface area contributed by atoms with E-state index in [1.165, 1.54) is 0 Å². The van der Waals surface area contributed by atoms with Crippen LogP contribution in [0.25, 0.3) is 0 Å². The SMILES string of the molecule is O=CC[C@@H]1CCCC2(C1)OCCO2. The summed E-state index contributed by atoms with van der Waals surface area (Å²) in [6.07, 6.45) is 5.85. The van der Waals surface area contributed by atoms with E-state index in [2.05, 4.69) is 0 Å². The Balaban J connectivity index is 1.94. The predicted molar refractivity (Wildman–Crippen MR) is 47.3 cm³/mol. The molecule has 1 spiro atoms. The second-order valence-electron chi connectivity index (χ2n) is 3.97. The molecule has 1 aliphatic heterocycles. The molecule has 3 heteroatoms. The Hall–Kier alpha value is -0.410. The maximum atomic E-state index is 10.4. The van der Waals surface area contributed by atoms with Gasteiger partial charge in [0, 0.05) is 19.3 Å². The van der Waals surface area contributed by atoms with Crippen molar-refractivity contribution in [3.05, 3.63) is 0 Å². The normalized spacial score (nSPS) is 32.2. The van der Waals surface area contributed by atoms with Crippen LogP contribution in [0.2, 0.25) is 0 Å². The minimum Gasteiger partial charge on any atom is -0.348 e. The minimum atomic E-state index is -0.314. The molecule has 0 aromatic carbocycles. The van der Waals surface area contributed by atoms with E-state index in [0.29, 0.717) is 25.6 Å². The lowest BCUT2D eigenvalue weighted by atomic mass is 9.83. The van der Waals surface area contributed by atoms with Gasteiger partial charge in [-0.15, -0.1) is 0 Å². The molecule has 0 amide bonds. The van der Waals surface area contributed by atoms with Crippen molar-refractivity contribution in [3.63, 3.8) is 0 Å². The first-order chi connectivity index (χ1) is 6.35. The lowest BCUT2D eigenvalue weighted by Gasteiger charge is -2.35. The van der Waals surface area contributed by atoms with Gasteiger partial charge in [-0.2, -0.15) is 0 Å². The van der Waals surface area contributed by atoms with E-state index in [9.17, 15) is 4.79 Å². The molecule has 1 atom stereocenters. The van der Waals surface area contributed by atoms with Gasteiger partial charge in [0.2, 0.25) is 0 Å². The minimum absolute atomic E-state index is 0.314. The summed E-state index contributed by atoms with van der Waals surface area (Å²) in [5.74, 6) is 0.163. The molecule has 0 unspecified atom stereocenters. The number of hydrogen-bond acceptors (Lipinski definition) is 3. The molecule has 1 saturated carbocycles. The molecule has 13 heavy (non-hydrogen) atoms. The highest BCUT2D eigenvalue weighted by Crippen LogP contribution is 2.39. The van der Waals surface area contributed by atoms with Crippen LogP contribution in [0.15, 0.2) is 0 Å². The van der Waals surface area contributed by atoms with Crippen LogP contribution in [-0.4, -0.2) is 25.3 Å². The Morgan fingerprint density at radius 2 is 2.15 bits per heavy atom. The van der Waals surface area contributed by atoms with Crippen molar-refractivity contribution >= 4 is 6.29 Å². The molecule has 0 bridgehead atoms. The molecule has 0 N–H and O–H groups in total. The van der Waals surface area contributed by atoms with Crippen LogP contribution in [0, 0.1) is 5.92 Å². The fourth-order valence-corrected chi connectivity index (χ4v) is 2.40. The van der Waals surface area contributed by atoms with Crippen molar-refractivity contribution in [2.45, 2.75) is 37.9 Å². The number of carbonyl (C=O) groups excluding carboxylic acids is 1. The third-order valence-corrected chi connectivity index (χ3v) is 3.01. The molecular formula is C10H16O3. The average molecular weight is 184 g/mol. The number of ether oxygens (including phenoxy) is 2. The smallest absolute Gasteiger partial charge is 0.168 e. The van der Waals surface area contributed by atoms with Gasteiger partial charge in [0.1, 0.15) is 6.29 Å². The Labute approximate surface area is 78.4 Å². The third kappa shape index (κ3) is 1.92. The summed E-state index contributed by atoms with van der Waals surface area (Å²) in [6.45, 7) is 1.43. The van der Waals surface area contributed by atoms with Crippen molar-refractivity contribution in [2.75, 3.05) is 13.2 Å². The highest BCUT2D eigenvalue weighted by Gasteiger charge is 2.40. The van der Waals surface area contributed by atoms with E-state index >= 15 is 0 Å². The molecule has 2 rings (SSSR count). The van der Waals surface area contributed by atoms with E-state index in [1.54, 1.807) is 0 Å². The van der Waals surface area contributed by atoms with Gasteiger partial charge in [-0.3, -0.25) is 0 Å². The Morgan fingerprint density at radius 3 is 2.85 bits per heavy atom. The third-order valence-electron chi connectivity index (χ3n) is 3.01. The molecule has 3 nitrogen and oxygen atoms in total. The zero-order valence-corrected chi connectivity index (χ0v) is 7.83. The van der Waals surface area contributed by atoms with Crippen LogP contribution in [0.4, 0.5) is 0 Å². The maximum absolute atomic E-state index is 10.4. The van der Waals surface area contributed by atoms with Crippen LogP contribution in [0.3, 0.4) is 0 Å². The van der Waals surface area contributed by atoms with Gasteiger partial charge in [-0.1, -0.05) is 0 Å². The Bertz CT molecular complexity index is 185. The van der Waals surface area contributed by atoms with Crippen LogP contribution in [-0.2, 0) is 14.3 Å². The summed E-state index contributed by atoms with van der Waals surface area (Å²) in [4.78, 5) is 10.4. The lowest BCUT2D eigenvalue weighted by Crippen LogP contribution is -2.36. The number of rotatable bonds is 2. The highest BCUT2D eigenvalue weighted by atomic mass is 16.7. The molecule has 2 fully saturated rings. The first-order valence-electron chi connectivity index (χ1n) is 5.06. The van der Waals surface area contributed by atoms with Crippen LogP contribution >= 0.6 is 0 Å². The molecule has 74 valence electrons. The molecule has 0 radical (unpaired) electrons. The van der Waals surface area contributed by atoms with Gasteiger partial charge in [-0.05, 0) is 18.8 Å². The highest BCUT2D eigenvalue weighted by molar-refractivity contribution is 5.49. The number of hydrogen-bond donors (Lipinski definition) is 0. The zero-order chi connectivity index (χ0) is 9.15. The lowest BCUT2D eigenvalue weighted by molar-refractivity contribution is -0.187. The zero-order valence-electron chi connectivity index (χ0n) is 7.83. The first-order valence-corrected chi connectivity index (χ1v) is 5.06. The van der Waals surface area contributed by atoms with Crippen LogP contribution in [0.1, 0.15) is 32.1 Å². The molecule has 1 saturated heterocycles. The number of carbonyl (C=O) groups is 1. The molecule has 1 heterocycles. The molecule has 0 aromatic heterocycles. The van der Waals surface area contributed by atoms with Crippen molar-refractivity contribution < 1.29 is 14.3 Å². The maximum Gasteiger partial charge on any atom is 0.168 e. The van der Waals surface area contributed by atoms with E-state index in [0.717, 1.165) is 32.0 Å². The molecule has 0 aromatic rings. The second-order valence-corrected chi connectivity index (χ2v) is 3.97. The van der Waals surface area contributed by atoms with E-state index < -0.39 is 0 Å². The quantitative estimate of drug-likeness (QED) is 0.610. The van der Waals surface area contributed by atoms with Crippen molar-refractivity contribution in [3.8, 4) is 0 Å². The fourth-order valence-electron chi connectivity index (χ4n) is 2.40. The number of aldehydes is 1. The van der Waals surface area contributed by atoms with Gasteiger partial charge >= 0.3 is 0 Å². The topological polar surface area (TPSA) is 35.5 Å². The standard InChI is InChI=1S/C10H16O3/c11-5-3-9-2-1-4-10(8-9)12-6-7-13-10/h5,9H,1-4,6-8H2/t9-/m0/s1. The summed E-state index contributed by atoms with van der Waals surface area (Å²) >= 11 is 0. The Kier molecular flexibility index (Phi) is 2.65. The van der Waals surface area contributed by atoms with Crippen molar-refractivity contribution in [2.24, 2.45) is 5.92 Å². The molecule has 2 aliphatic rings. The molecular weight excluding hydrogens is 168 g/mol. The van der Waals surface area contributed by atoms with Gasteiger partial charge in [0.25, 0.3) is 0 Å². The average Bonchev–Trinajstić information content (AvgIpc) is 2.54. The molecule has 1 aliphatic carbocycles. The summed E-state index contributed by atoms with van der Waals surface area (Å²) < 4.78 is 11.2. The fraction of sp³-hybridized carbons (Fsp3) is 0.900. The van der Waals surface area contributed by atoms with Crippen LogP contribution in [0.5, 0.6) is 0 Å². The van der Waals surface area contributed by atoms with Crippen molar-refractivity contribution in [1.82, 2.24) is 0 Å². The van der Waals surface area contributed by atoms with Gasteiger partial charge in [0.15, 0.2) is 5.79 Å². The summed E-state index contributed by atoms with van der Waals surface area (Å²) in [6, 6.07) is 0. The van der Waals surface area contributed by atoms with Crippen molar-refractivity contribution in [1.29, 1.82) is 0 Å². The predicted octanol–water partition coefficient (Wildman–Crippen LogP) is 1.51. The Morgan fingerprint density at radius 1 is 1.38 bits per heavy atom. The summed E-state index contributed by atoms with van der Waals surface area (Å²) in [5.41, 5.74) is 0. The van der Waals surface area contributed by atoms with Crippen LogP contribution < -0.4 is 0 Å². The van der Waals surface area contributed by atoms with Gasteiger partial charge in [-0.25, -0.2) is 0 Å². The van der Waals surface area contributed by atoms with E-state index in [1.807, 2.05) is 0 Å². The largest absolute Gasteiger partial charge is 0.348 e. The summed E-state index contributed by atoms with van der Waals surface area (Å²) in [5, 5.41) is 0.